The number of hydrogen-bond donors (Lipinski definition) is 2. The summed E-state index contributed by atoms with van der Waals surface area (Å²) in [7, 11) is 4.27. The van der Waals surface area contributed by atoms with Gasteiger partial charge < -0.3 is 16.0 Å². The standard InChI is InChI=1S/C11H19ClN6/c1-17-3-4-18(2)8(7-17)5-14-10-9(13)6-15-11(12)16-10/h6,8H,3-5,7,13H2,1-2H3,(H,14,15,16). The molecule has 3 N–H and O–H groups in total. The van der Waals surface area contributed by atoms with Crippen molar-refractivity contribution in [1.82, 2.24) is 19.8 Å². The van der Waals surface area contributed by atoms with Crippen LogP contribution in [-0.4, -0.2) is 66.1 Å². The van der Waals surface area contributed by atoms with Crippen LogP contribution in [0.3, 0.4) is 0 Å². The van der Waals surface area contributed by atoms with Crippen LogP contribution in [0.1, 0.15) is 0 Å². The van der Waals surface area contributed by atoms with Gasteiger partial charge in [-0.05, 0) is 25.7 Å². The predicted molar refractivity (Wildman–Crippen MR) is 73.9 cm³/mol. The van der Waals surface area contributed by atoms with E-state index in [9.17, 15) is 0 Å². The van der Waals surface area contributed by atoms with E-state index in [1.165, 1.54) is 6.20 Å². The highest BCUT2D eigenvalue weighted by atomic mass is 35.5. The molecule has 0 spiro atoms. The van der Waals surface area contributed by atoms with Crippen LogP contribution >= 0.6 is 11.6 Å². The minimum absolute atomic E-state index is 0.209. The Kier molecular flexibility index (Phi) is 4.21. The molecule has 18 heavy (non-hydrogen) atoms. The Balaban J connectivity index is 1.96. The molecule has 1 aromatic heterocycles. The Morgan fingerprint density at radius 2 is 2.28 bits per heavy atom. The van der Waals surface area contributed by atoms with Gasteiger partial charge in [-0.25, -0.2) is 4.98 Å². The smallest absolute Gasteiger partial charge is 0.224 e. The SMILES string of the molecule is CN1CCN(C)C(CNc2nc(Cl)ncc2N)C1. The third kappa shape index (κ3) is 3.22. The zero-order valence-electron chi connectivity index (χ0n) is 10.7. The van der Waals surface area contributed by atoms with Gasteiger partial charge in [0.2, 0.25) is 5.28 Å². The van der Waals surface area contributed by atoms with E-state index in [1.807, 2.05) is 0 Å². The van der Waals surface area contributed by atoms with Crippen LogP contribution in [0.4, 0.5) is 11.5 Å². The Morgan fingerprint density at radius 3 is 3.06 bits per heavy atom. The maximum absolute atomic E-state index is 5.80. The van der Waals surface area contributed by atoms with Crippen molar-refractivity contribution in [3.8, 4) is 0 Å². The van der Waals surface area contributed by atoms with Crippen molar-refractivity contribution in [2.75, 3.05) is 51.3 Å². The molecule has 0 amide bonds. The molecule has 1 saturated heterocycles. The van der Waals surface area contributed by atoms with Crippen molar-refractivity contribution in [2.45, 2.75) is 6.04 Å². The molecule has 2 rings (SSSR count). The van der Waals surface area contributed by atoms with Crippen molar-refractivity contribution in [2.24, 2.45) is 0 Å². The molecule has 0 aliphatic carbocycles. The van der Waals surface area contributed by atoms with E-state index in [0.717, 1.165) is 26.2 Å². The van der Waals surface area contributed by atoms with E-state index in [-0.39, 0.29) is 5.28 Å². The number of aromatic nitrogens is 2. The zero-order chi connectivity index (χ0) is 13.1. The van der Waals surface area contributed by atoms with Gasteiger partial charge in [-0.1, -0.05) is 0 Å². The molecule has 100 valence electrons. The molecule has 1 aromatic rings. The minimum Gasteiger partial charge on any atom is -0.394 e. The molecule has 0 aromatic carbocycles. The molecule has 7 heteroatoms. The van der Waals surface area contributed by atoms with Gasteiger partial charge in [0.05, 0.1) is 11.9 Å². The third-order valence-corrected chi connectivity index (χ3v) is 3.46. The number of halogens is 1. The first kappa shape index (κ1) is 13.3. The molecule has 1 aliphatic heterocycles. The number of anilines is 2. The highest BCUT2D eigenvalue weighted by Crippen LogP contribution is 2.16. The van der Waals surface area contributed by atoms with E-state index >= 15 is 0 Å². The number of nitrogens with zero attached hydrogens (tertiary/aromatic N) is 4. The van der Waals surface area contributed by atoms with Crippen LogP contribution in [0.25, 0.3) is 0 Å². The fourth-order valence-electron chi connectivity index (χ4n) is 2.05. The van der Waals surface area contributed by atoms with E-state index < -0.39 is 0 Å². The Morgan fingerprint density at radius 1 is 1.50 bits per heavy atom. The summed E-state index contributed by atoms with van der Waals surface area (Å²) in [5.41, 5.74) is 6.32. The van der Waals surface area contributed by atoms with Gasteiger partial charge in [-0.15, -0.1) is 0 Å². The fourth-order valence-corrected chi connectivity index (χ4v) is 2.18. The fraction of sp³-hybridized carbons (Fsp3) is 0.636. The molecule has 1 unspecified atom stereocenters. The molecule has 0 saturated carbocycles. The summed E-state index contributed by atoms with van der Waals surface area (Å²) in [6, 6.07) is 0.442. The number of nitrogens with two attached hydrogens (primary N) is 1. The zero-order valence-corrected chi connectivity index (χ0v) is 11.5. The second-order valence-corrected chi connectivity index (χ2v) is 5.06. The van der Waals surface area contributed by atoms with Gasteiger partial charge >= 0.3 is 0 Å². The Bertz CT molecular complexity index is 413. The van der Waals surface area contributed by atoms with E-state index in [4.69, 9.17) is 17.3 Å². The van der Waals surface area contributed by atoms with Gasteiger partial charge in [-0.2, -0.15) is 4.98 Å². The van der Waals surface area contributed by atoms with Crippen LogP contribution < -0.4 is 11.1 Å². The number of likely N-dealkylation sites (N-methyl/N-ethyl adjacent to an activating group) is 2. The summed E-state index contributed by atoms with van der Waals surface area (Å²) < 4.78 is 0. The van der Waals surface area contributed by atoms with Crippen LogP contribution in [0.2, 0.25) is 5.28 Å². The summed E-state index contributed by atoms with van der Waals surface area (Å²) in [6.07, 6.45) is 1.52. The van der Waals surface area contributed by atoms with E-state index in [2.05, 4.69) is 39.2 Å². The van der Waals surface area contributed by atoms with Gasteiger partial charge in [0, 0.05) is 32.2 Å². The number of nitrogens with one attached hydrogen (secondary N) is 1. The second kappa shape index (κ2) is 5.69. The maximum Gasteiger partial charge on any atom is 0.224 e. The topological polar surface area (TPSA) is 70.3 Å². The number of nitrogen functional groups attached to an aromatic ring is 1. The molecular formula is C11H19ClN6. The Hall–Kier alpha value is -1.11. The summed E-state index contributed by atoms with van der Waals surface area (Å²) in [5, 5.41) is 3.45. The molecule has 1 aliphatic rings. The van der Waals surface area contributed by atoms with Crippen molar-refractivity contribution >= 4 is 23.1 Å². The molecular weight excluding hydrogens is 252 g/mol. The van der Waals surface area contributed by atoms with Crippen LogP contribution in [0, 0.1) is 0 Å². The number of piperazine rings is 1. The molecule has 0 bridgehead atoms. The first-order valence-corrected chi connectivity index (χ1v) is 6.34. The minimum atomic E-state index is 0.209. The molecule has 0 radical (unpaired) electrons. The lowest BCUT2D eigenvalue weighted by Gasteiger charge is -2.37. The van der Waals surface area contributed by atoms with Crippen molar-refractivity contribution in [3.63, 3.8) is 0 Å². The second-order valence-electron chi connectivity index (χ2n) is 4.72. The largest absolute Gasteiger partial charge is 0.394 e. The molecule has 1 atom stereocenters. The lowest BCUT2D eigenvalue weighted by atomic mass is 10.2. The lowest BCUT2D eigenvalue weighted by molar-refractivity contribution is 0.122. The number of rotatable bonds is 3. The molecule has 1 fully saturated rings. The van der Waals surface area contributed by atoms with Gasteiger partial charge in [0.15, 0.2) is 5.82 Å². The van der Waals surface area contributed by atoms with E-state index in [1.54, 1.807) is 0 Å². The first-order valence-electron chi connectivity index (χ1n) is 5.97. The maximum atomic E-state index is 5.80. The monoisotopic (exact) mass is 270 g/mol. The van der Waals surface area contributed by atoms with Gasteiger partial charge in [0.25, 0.3) is 0 Å². The summed E-state index contributed by atoms with van der Waals surface area (Å²) in [4.78, 5) is 12.6. The third-order valence-electron chi connectivity index (χ3n) is 3.27. The van der Waals surface area contributed by atoms with E-state index in [0.29, 0.717) is 17.5 Å². The number of hydrogen-bond acceptors (Lipinski definition) is 6. The lowest BCUT2D eigenvalue weighted by Crippen LogP contribution is -2.52. The van der Waals surface area contributed by atoms with Gasteiger partial charge in [-0.3, -0.25) is 4.90 Å². The summed E-state index contributed by atoms with van der Waals surface area (Å²) >= 11 is 5.75. The summed E-state index contributed by atoms with van der Waals surface area (Å²) in [6.45, 7) is 4.00. The molecule has 6 nitrogen and oxygen atoms in total. The highest BCUT2D eigenvalue weighted by Gasteiger charge is 2.22. The Labute approximate surface area is 112 Å². The van der Waals surface area contributed by atoms with Crippen LogP contribution in [0.15, 0.2) is 6.20 Å². The summed E-state index contributed by atoms with van der Waals surface area (Å²) in [5.74, 6) is 0.608. The van der Waals surface area contributed by atoms with Gasteiger partial charge in [0.1, 0.15) is 0 Å². The average molecular weight is 271 g/mol. The van der Waals surface area contributed by atoms with Crippen molar-refractivity contribution in [3.05, 3.63) is 11.5 Å². The predicted octanol–water partition coefficient (Wildman–Crippen LogP) is 0.370. The average Bonchev–Trinajstić information content (AvgIpc) is 2.34. The van der Waals surface area contributed by atoms with Crippen LogP contribution in [-0.2, 0) is 0 Å². The van der Waals surface area contributed by atoms with Crippen LogP contribution in [0.5, 0.6) is 0 Å². The molecule has 2 heterocycles. The van der Waals surface area contributed by atoms with Crippen molar-refractivity contribution < 1.29 is 0 Å². The quantitative estimate of drug-likeness (QED) is 0.774. The highest BCUT2D eigenvalue weighted by molar-refractivity contribution is 6.28. The van der Waals surface area contributed by atoms with Crippen molar-refractivity contribution in [1.29, 1.82) is 0 Å². The normalized spacial score (nSPS) is 22.1. The first-order chi connectivity index (χ1) is 8.56.